The van der Waals surface area contributed by atoms with Crippen LogP contribution in [0.3, 0.4) is 0 Å². The van der Waals surface area contributed by atoms with Crippen LogP contribution in [0.4, 0.5) is 0 Å². The summed E-state index contributed by atoms with van der Waals surface area (Å²) >= 11 is 0. The van der Waals surface area contributed by atoms with Gasteiger partial charge in [0.05, 0.1) is 6.61 Å². The molecular formula is C11H22N2O2. The highest BCUT2D eigenvalue weighted by molar-refractivity contribution is 5.86. The topological polar surface area (TPSA) is 64.3 Å². The number of methoxy groups -OCH3 is 1. The molecule has 0 aromatic heterocycles. The van der Waals surface area contributed by atoms with E-state index in [-0.39, 0.29) is 11.3 Å². The zero-order valence-corrected chi connectivity index (χ0v) is 9.93. The van der Waals surface area contributed by atoms with Gasteiger partial charge in [-0.3, -0.25) is 4.79 Å². The highest BCUT2D eigenvalue weighted by Gasteiger charge is 2.52. The Hall–Kier alpha value is -0.610. The van der Waals surface area contributed by atoms with Crippen LogP contribution in [0.2, 0.25) is 0 Å². The lowest BCUT2D eigenvalue weighted by Crippen LogP contribution is -2.62. The average Bonchev–Trinajstić information content (AvgIpc) is 2.43. The van der Waals surface area contributed by atoms with Crippen LogP contribution in [0.15, 0.2) is 0 Å². The maximum Gasteiger partial charge on any atom is 0.238 e. The Kier molecular flexibility index (Phi) is 3.73. The van der Waals surface area contributed by atoms with E-state index in [0.29, 0.717) is 13.2 Å². The fraction of sp³-hybridized carbons (Fsp3) is 0.909. The first-order valence-corrected chi connectivity index (χ1v) is 5.50. The summed E-state index contributed by atoms with van der Waals surface area (Å²) in [6.07, 6.45) is 2.92. The van der Waals surface area contributed by atoms with E-state index in [0.717, 1.165) is 19.3 Å². The molecule has 0 heterocycles. The fourth-order valence-corrected chi connectivity index (χ4v) is 2.59. The molecule has 1 atom stereocenters. The van der Waals surface area contributed by atoms with E-state index in [1.807, 2.05) is 0 Å². The predicted molar refractivity (Wildman–Crippen MR) is 59.4 cm³/mol. The van der Waals surface area contributed by atoms with Crippen LogP contribution >= 0.6 is 0 Å². The van der Waals surface area contributed by atoms with Gasteiger partial charge in [0.25, 0.3) is 0 Å². The number of carbonyl (C=O) groups is 1. The molecule has 1 unspecified atom stereocenters. The van der Waals surface area contributed by atoms with Crippen molar-refractivity contribution in [3.05, 3.63) is 0 Å². The second-order valence-electron chi connectivity index (χ2n) is 4.93. The highest BCUT2D eigenvalue weighted by atomic mass is 16.5. The van der Waals surface area contributed by atoms with Gasteiger partial charge in [-0.05, 0) is 18.3 Å². The van der Waals surface area contributed by atoms with Crippen LogP contribution in [0.25, 0.3) is 0 Å². The summed E-state index contributed by atoms with van der Waals surface area (Å²) in [4.78, 5) is 11.7. The Balaban J connectivity index is 2.75. The van der Waals surface area contributed by atoms with Crippen LogP contribution in [-0.4, -0.2) is 31.7 Å². The number of ether oxygens (including phenoxy) is 1. The highest BCUT2D eigenvalue weighted by Crippen LogP contribution is 2.45. The number of nitrogens with two attached hydrogens (primary N) is 1. The minimum atomic E-state index is -0.550. The van der Waals surface area contributed by atoms with Crippen LogP contribution in [-0.2, 0) is 9.53 Å². The van der Waals surface area contributed by atoms with Gasteiger partial charge in [0, 0.05) is 13.7 Å². The standard InChI is InChI=1S/C11H22N2O2/c1-10(2)5-4-6-11(10,9(12)14)13-7-8-15-3/h13H,4-8H2,1-3H3,(H2,12,14). The maximum atomic E-state index is 11.7. The Labute approximate surface area is 91.5 Å². The van der Waals surface area contributed by atoms with Gasteiger partial charge in [-0.2, -0.15) is 0 Å². The molecule has 4 heteroatoms. The Bertz CT molecular complexity index is 241. The Morgan fingerprint density at radius 1 is 1.47 bits per heavy atom. The molecule has 15 heavy (non-hydrogen) atoms. The van der Waals surface area contributed by atoms with Crippen LogP contribution in [0.5, 0.6) is 0 Å². The van der Waals surface area contributed by atoms with Gasteiger partial charge in [0.2, 0.25) is 5.91 Å². The molecule has 0 bridgehead atoms. The second kappa shape index (κ2) is 4.49. The first-order valence-electron chi connectivity index (χ1n) is 5.50. The molecule has 1 rings (SSSR count). The monoisotopic (exact) mass is 214 g/mol. The Morgan fingerprint density at radius 2 is 2.13 bits per heavy atom. The summed E-state index contributed by atoms with van der Waals surface area (Å²) in [6.45, 7) is 5.48. The van der Waals surface area contributed by atoms with Gasteiger partial charge in [0.1, 0.15) is 5.54 Å². The Morgan fingerprint density at radius 3 is 2.53 bits per heavy atom. The minimum Gasteiger partial charge on any atom is -0.383 e. The number of primary amides is 1. The molecule has 0 aromatic rings. The summed E-state index contributed by atoms with van der Waals surface area (Å²) < 4.78 is 4.98. The van der Waals surface area contributed by atoms with E-state index in [9.17, 15) is 4.79 Å². The minimum absolute atomic E-state index is 0.0629. The average molecular weight is 214 g/mol. The van der Waals surface area contributed by atoms with Crippen molar-refractivity contribution in [2.75, 3.05) is 20.3 Å². The summed E-state index contributed by atoms with van der Waals surface area (Å²) in [5, 5.41) is 3.29. The number of hydrogen-bond acceptors (Lipinski definition) is 3. The fourth-order valence-electron chi connectivity index (χ4n) is 2.59. The summed E-state index contributed by atoms with van der Waals surface area (Å²) in [5.41, 5.74) is 4.94. The third-order valence-corrected chi connectivity index (χ3v) is 3.66. The third-order valence-electron chi connectivity index (χ3n) is 3.66. The molecule has 0 aliphatic heterocycles. The third kappa shape index (κ3) is 2.16. The molecule has 1 aliphatic rings. The van der Waals surface area contributed by atoms with E-state index in [1.54, 1.807) is 7.11 Å². The number of carbonyl (C=O) groups excluding carboxylic acids is 1. The van der Waals surface area contributed by atoms with Gasteiger partial charge in [0.15, 0.2) is 0 Å². The zero-order valence-electron chi connectivity index (χ0n) is 9.93. The number of hydrogen-bond donors (Lipinski definition) is 2. The van der Waals surface area contributed by atoms with Gasteiger partial charge < -0.3 is 15.8 Å². The lowest BCUT2D eigenvalue weighted by Gasteiger charge is -2.39. The molecule has 1 aliphatic carbocycles. The predicted octanol–water partition coefficient (Wildman–Crippen LogP) is 0.657. The molecule has 1 amide bonds. The van der Waals surface area contributed by atoms with Crippen molar-refractivity contribution >= 4 is 5.91 Å². The van der Waals surface area contributed by atoms with Gasteiger partial charge in [-0.1, -0.05) is 20.3 Å². The van der Waals surface area contributed by atoms with Crippen LogP contribution in [0, 0.1) is 5.41 Å². The molecule has 0 spiro atoms. The molecule has 1 fully saturated rings. The smallest absolute Gasteiger partial charge is 0.238 e. The normalized spacial score (nSPS) is 29.3. The molecule has 0 aromatic carbocycles. The van der Waals surface area contributed by atoms with Crippen molar-refractivity contribution in [2.24, 2.45) is 11.1 Å². The van der Waals surface area contributed by atoms with E-state index in [2.05, 4.69) is 19.2 Å². The summed E-state index contributed by atoms with van der Waals surface area (Å²) in [6, 6.07) is 0. The van der Waals surface area contributed by atoms with Crippen molar-refractivity contribution in [1.29, 1.82) is 0 Å². The molecule has 0 saturated heterocycles. The lowest BCUT2D eigenvalue weighted by atomic mass is 9.74. The van der Waals surface area contributed by atoms with Crippen molar-refractivity contribution in [3.63, 3.8) is 0 Å². The molecular weight excluding hydrogens is 192 g/mol. The van der Waals surface area contributed by atoms with Gasteiger partial charge >= 0.3 is 0 Å². The zero-order chi connectivity index (χ0) is 11.5. The van der Waals surface area contributed by atoms with E-state index in [4.69, 9.17) is 10.5 Å². The van der Waals surface area contributed by atoms with Crippen molar-refractivity contribution in [3.8, 4) is 0 Å². The SMILES string of the molecule is COCCNC1(C(N)=O)CCCC1(C)C. The quantitative estimate of drug-likeness (QED) is 0.661. The first-order chi connectivity index (χ1) is 6.96. The van der Waals surface area contributed by atoms with Gasteiger partial charge in [-0.25, -0.2) is 0 Å². The van der Waals surface area contributed by atoms with Crippen molar-refractivity contribution < 1.29 is 9.53 Å². The van der Waals surface area contributed by atoms with E-state index >= 15 is 0 Å². The number of amides is 1. The molecule has 4 nitrogen and oxygen atoms in total. The second-order valence-corrected chi connectivity index (χ2v) is 4.93. The maximum absolute atomic E-state index is 11.7. The van der Waals surface area contributed by atoms with E-state index < -0.39 is 5.54 Å². The number of nitrogens with one attached hydrogen (secondary N) is 1. The first kappa shape index (κ1) is 12.5. The molecule has 1 saturated carbocycles. The van der Waals surface area contributed by atoms with Crippen molar-refractivity contribution in [1.82, 2.24) is 5.32 Å². The molecule has 0 radical (unpaired) electrons. The van der Waals surface area contributed by atoms with Crippen LogP contribution in [0.1, 0.15) is 33.1 Å². The largest absolute Gasteiger partial charge is 0.383 e. The lowest BCUT2D eigenvalue weighted by molar-refractivity contribution is -0.128. The van der Waals surface area contributed by atoms with Crippen LogP contribution < -0.4 is 11.1 Å². The van der Waals surface area contributed by atoms with Crippen molar-refractivity contribution in [2.45, 2.75) is 38.6 Å². The van der Waals surface area contributed by atoms with Gasteiger partial charge in [-0.15, -0.1) is 0 Å². The molecule has 88 valence electrons. The number of rotatable bonds is 5. The summed E-state index contributed by atoms with van der Waals surface area (Å²) in [5.74, 6) is -0.235. The molecule has 3 N–H and O–H groups in total. The van der Waals surface area contributed by atoms with E-state index in [1.165, 1.54) is 0 Å². The summed E-state index contributed by atoms with van der Waals surface area (Å²) in [7, 11) is 1.65.